The van der Waals surface area contributed by atoms with Crippen molar-refractivity contribution in [1.82, 2.24) is 9.97 Å². The summed E-state index contributed by atoms with van der Waals surface area (Å²) in [5.41, 5.74) is 3.36. The molecule has 150 valence electrons. The summed E-state index contributed by atoms with van der Waals surface area (Å²) in [7, 11) is 0. The molecule has 0 aliphatic carbocycles. The zero-order valence-corrected chi connectivity index (χ0v) is 17.1. The van der Waals surface area contributed by atoms with Crippen molar-refractivity contribution < 1.29 is 4.79 Å². The van der Waals surface area contributed by atoms with E-state index in [-0.39, 0.29) is 5.91 Å². The molecule has 1 aromatic heterocycles. The van der Waals surface area contributed by atoms with Crippen LogP contribution in [0, 0.1) is 0 Å². The van der Waals surface area contributed by atoms with E-state index in [9.17, 15) is 4.79 Å². The van der Waals surface area contributed by atoms with Crippen LogP contribution in [0.1, 0.15) is 12.5 Å². The Kier molecular flexibility index (Phi) is 5.77. The molecule has 3 aromatic carbocycles. The van der Waals surface area contributed by atoms with Crippen molar-refractivity contribution in [3.8, 4) is 0 Å². The minimum atomic E-state index is -0.109. The summed E-state index contributed by atoms with van der Waals surface area (Å²) in [6.45, 7) is 2.03. The molecule has 7 heteroatoms. The van der Waals surface area contributed by atoms with Crippen molar-refractivity contribution in [2.75, 3.05) is 16.0 Å². The standard InChI is InChI=1S/C23H20ClN5O/c1-15(30)26-17-10-12-18(13-11-17)27-23-28-21-9-5-3-7-19(21)22(29-23)25-14-16-6-2-4-8-20(16)24/h2-13H,14H2,1H3,(H,26,30)(H2,25,27,28,29). The summed E-state index contributed by atoms with van der Waals surface area (Å²) in [6.07, 6.45) is 0. The van der Waals surface area contributed by atoms with Gasteiger partial charge in [-0.3, -0.25) is 4.79 Å². The van der Waals surface area contributed by atoms with Gasteiger partial charge in [0, 0.05) is 35.3 Å². The predicted octanol–water partition coefficient (Wildman–Crippen LogP) is 5.60. The highest BCUT2D eigenvalue weighted by Gasteiger charge is 2.09. The Labute approximate surface area is 179 Å². The SMILES string of the molecule is CC(=O)Nc1ccc(Nc2nc(NCc3ccccc3Cl)c3ccccc3n2)cc1. The fraction of sp³-hybridized carbons (Fsp3) is 0.0870. The summed E-state index contributed by atoms with van der Waals surface area (Å²) < 4.78 is 0. The highest BCUT2D eigenvalue weighted by atomic mass is 35.5. The summed E-state index contributed by atoms with van der Waals surface area (Å²) in [5.74, 6) is 1.09. The Morgan fingerprint density at radius 2 is 1.60 bits per heavy atom. The largest absolute Gasteiger partial charge is 0.365 e. The van der Waals surface area contributed by atoms with Gasteiger partial charge in [0.05, 0.1) is 5.52 Å². The van der Waals surface area contributed by atoms with E-state index in [0.717, 1.165) is 33.7 Å². The summed E-state index contributed by atoms with van der Waals surface area (Å²) in [4.78, 5) is 20.5. The van der Waals surface area contributed by atoms with Crippen molar-refractivity contribution >= 4 is 51.6 Å². The van der Waals surface area contributed by atoms with Gasteiger partial charge in [-0.25, -0.2) is 4.98 Å². The molecule has 0 radical (unpaired) electrons. The quantitative estimate of drug-likeness (QED) is 0.380. The third-order valence-electron chi connectivity index (χ3n) is 4.47. The number of carbonyl (C=O) groups is 1. The molecule has 0 bridgehead atoms. The van der Waals surface area contributed by atoms with Gasteiger partial charge in [0.1, 0.15) is 5.82 Å². The molecule has 1 heterocycles. The molecule has 4 aromatic rings. The highest BCUT2D eigenvalue weighted by molar-refractivity contribution is 6.31. The Hall–Kier alpha value is -3.64. The average Bonchev–Trinajstić information content (AvgIpc) is 2.74. The minimum absolute atomic E-state index is 0.109. The maximum Gasteiger partial charge on any atom is 0.229 e. The van der Waals surface area contributed by atoms with E-state index in [2.05, 4.69) is 25.9 Å². The molecule has 0 atom stereocenters. The van der Waals surface area contributed by atoms with Crippen LogP contribution in [0.25, 0.3) is 10.9 Å². The first kappa shape index (κ1) is 19.7. The molecule has 0 spiro atoms. The number of para-hydroxylation sites is 1. The van der Waals surface area contributed by atoms with Crippen LogP contribution in [0.2, 0.25) is 5.02 Å². The lowest BCUT2D eigenvalue weighted by atomic mass is 10.2. The normalized spacial score (nSPS) is 10.6. The Bertz CT molecular complexity index is 1190. The van der Waals surface area contributed by atoms with Crippen molar-refractivity contribution in [3.63, 3.8) is 0 Å². The number of fused-ring (bicyclic) bond motifs is 1. The summed E-state index contributed by atoms with van der Waals surface area (Å²) in [6, 6.07) is 22.9. The fourth-order valence-electron chi connectivity index (χ4n) is 3.06. The van der Waals surface area contributed by atoms with Gasteiger partial charge in [0.2, 0.25) is 11.9 Å². The Morgan fingerprint density at radius 3 is 2.37 bits per heavy atom. The molecule has 0 saturated heterocycles. The van der Waals surface area contributed by atoms with Gasteiger partial charge in [-0.05, 0) is 48.0 Å². The molecule has 0 saturated carbocycles. The van der Waals surface area contributed by atoms with Gasteiger partial charge < -0.3 is 16.0 Å². The lowest BCUT2D eigenvalue weighted by Gasteiger charge is -2.13. The molecule has 30 heavy (non-hydrogen) atoms. The van der Waals surface area contributed by atoms with Crippen molar-refractivity contribution in [2.45, 2.75) is 13.5 Å². The lowest BCUT2D eigenvalue weighted by molar-refractivity contribution is -0.114. The van der Waals surface area contributed by atoms with E-state index >= 15 is 0 Å². The molecule has 3 N–H and O–H groups in total. The number of aromatic nitrogens is 2. The third-order valence-corrected chi connectivity index (χ3v) is 4.84. The third kappa shape index (κ3) is 4.67. The lowest BCUT2D eigenvalue weighted by Crippen LogP contribution is -2.07. The second-order valence-electron chi connectivity index (χ2n) is 6.74. The first-order valence-corrected chi connectivity index (χ1v) is 9.85. The van der Waals surface area contributed by atoms with Gasteiger partial charge in [-0.2, -0.15) is 4.98 Å². The van der Waals surface area contributed by atoms with E-state index in [0.29, 0.717) is 17.5 Å². The van der Waals surface area contributed by atoms with E-state index in [1.54, 1.807) is 0 Å². The van der Waals surface area contributed by atoms with Crippen LogP contribution in [-0.2, 0) is 11.3 Å². The summed E-state index contributed by atoms with van der Waals surface area (Å²) >= 11 is 6.28. The number of nitrogens with zero attached hydrogens (tertiary/aromatic N) is 2. The fourth-order valence-corrected chi connectivity index (χ4v) is 3.26. The number of carbonyl (C=O) groups excluding carboxylic acids is 1. The number of nitrogens with one attached hydrogen (secondary N) is 3. The van der Waals surface area contributed by atoms with E-state index in [1.165, 1.54) is 6.92 Å². The molecule has 4 rings (SSSR count). The van der Waals surface area contributed by atoms with E-state index < -0.39 is 0 Å². The number of halogens is 1. The molecule has 0 aliphatic heterocycles. The van der Waals surface area contributed by atoms with Crippen LogP contribution in [0.15, 0.2) is 72.8 Å². The number of hydrogen-bond acceptors (Lipinski definition) is 5. The van der Waals surface area contributed by atoms with Crippen molar-refractivity contribution in [3.05, 3.63) is 83.4 Å². The average molecular weight is 418 g/mol. The van der Waals surface area contributed by atoms with Crippen molar-refractivity contribution in [2.24, 2.45) is 0 Å². The Morgan fingerprint density at radius 1 is 0.900 bits per heavy atom. The van der Waals surface area contributed by atoms with Crippen LogP contribution in [-0.4, -0.2) is 15.9 Å². The maximum absolute atomic E-state index is 11.2. The molecular formula is C23H20ClN5O. The van der Waals surface area contributed by atoms with Crippen molar-refractivity contribution in [1.29, 1.82) is 0 Å². The smallest absolute Gasteiger partial charge is 0.229 e. The van der Waals surface area contributed by atoms with E-state index in [4.69, 9.17) is 11.6 Å². The molecule has 6 nitrogen and oxygen atoms in total. The van der Waals surface area contributed by atoms with Gasteiger partial charge in [-0.15, -0.1) is 0 Å². The van der Waals surface area contributed by atoms with Gasteiger partial charge in [-0.1, -0.05) is 41.9 Å². The highest BCUT2D eigenvalue weighted by Crippen LogP contribution is 2.25. The van der Waals surface area contributed by atoms with Crippen LogP contribution in [0.5, 0.6) is 0 Å². The number of hydrogen-bond donors (Lipinski definition) is 3. The molecule has 0 unspecified atom stereocenters. The van der Waals surface area contributed by atoms with Crippen LogP contribution in [0.3, 0.4) is 0 Å². The van der Waals surface area contributed by atoms with Crippen LogP contribution >= 0.6 is 11.6 Å². The zero-order valence-electron chi connectivity index (χ0n) is 16.3. The number of benzene rings is 3. The van der Waals surface area contributed by atoms with Crippen LogP contribution in [0.4, 0.5) is 23.1 Å². The molecular weight excluding hydrogens is 398 g/mol. The van der Waals surface area contributed by atoms with Gasteiger partial charge >= 0.3 is 0 Å². The number of amides is 1. The topological polar surface area (TPSA) is 78.9 Å². The zero-order chi connectivity index (χ0) is 20.9. The second-order valence-corrected chi connectivity index (χ2v) is 7.15. The van der Waals surface area contributed by atoms with Gasteiger partial charge in [0.15, 0.2) is 0 Å². The second kappa shape index (κ2) is 8.80. The van der Waals surface area contributed by atoms with Crippen LogP contribution < -0.4 is 16.0 Å². The molecule has 0 fully saturated rings. The summed E-state index contributed by atoms with van der Waals surface area (Å²) in [5, 5.41) is 11.0. The number of rotatable bonds is 6. The van der Waals surface area contributed by atoms with E-state index in [1.807, 2.05) is 72.8 Å². The monoisotopic (exact) mass is 417 g/mol. The number of anilines is 4. The minimum Gasteiger partial charge on any atom is -0.365 e. The maximum atomic E-state index is 11.2. The molecule has 0 aliphatic rings. The molecule has 1 amide bonds. The Balaban J connectivity index is 1.59. The predicted molar refractivity (Wildman–Crippen MR) is 122 cm³/mol. The first-order valence-electron chi connectivity index (χ1n) is 9.47. The van der Waals surface area contributed by atoms with Gasteiger partial charge in [0.25, 0.3) is 0 Å². The first-order chi connectivity index (χ1) is 14.6.